The number of alkyl halides is 1. The van der Waals surface area contributed by atoms with Crippen LogP contribution in [-0.2, 0) is 0 Å². The van der Waals surface area contributed by atoms with Crippen LogP contribution in [0.1, 0.15) is 13.8 Å². The number of phenols is 1. The fourth-order valence-electron chi connectivity index (χ4n) is 1.52. The number of benzene rings is 2. The predicted molar refractivity (Wildman–Crippen MR) is 108 cm³/mol. The summed E-state index contributed by atoms with van der Waals surface area (Å²) in [7, 11) is 0. The van der Waals surface area contributed by atoms with E-state index in [0.29, 0.717) is 5.75 Å². The zero-order valence-corrected chi connectivity index (χ0v) is 19.9. The fraction of sp³-hybridized carbons (Fsp3) is 0.333. The zero-order chi connectivity index (χ0) is 17.5. The Morgan fingerprint density at radius 3 is 1.76 bits per heavy atom. The van der Waals surface area contributed by atoms with Crippen LogP contribution >= 0.6 is 35.1 Å². The summed E-state index contributed by atoms with van der Waals surface area (Å²) in [5, 5.41) is 9.09. The van der Waals surface area contributed by atoms with Crippen LogP contribution in [0.15, 0.2) is 58.3 Å². The molecule has 0 saturated carbocycles. The SMILES string of the molecule is CCCl.CCOc1ccccc1SC.CSc1ccccc1O.[Na+].[OH-]. The van der Waals surface area contributed by atoms with E-state index in [1.165, 1.54) is 4.90 Å². The Labute approximate surface area is 187 Å². The quantitative estimate of drug-likeness (QED) is 0.475. The first-order valence-corrected chi connectivity index (χ1v) is 10.3. The van der Waals surface area contributed by atoms with Gasteiger partial charge < -0.3 is 15.3 Å². The van der Waals surface area contributed by atoms with Gasteiger partial charge in [-0.15, -0.1) is 35.1 Å². The first-order chi connectivity index (χ1) is 11.1. The summed E-state index contributed by atoms with van der Waals surface area (Å²) in [5.41, 5.74) is 0. The van der Waals surface area contributed by atoms with Crippen LogP contribution in [0.5, 0.6) is 11.5 Å². The summed E-state index contributed by atoms with van der Waals surface area (Å²) in [6, 6.07) is 15.4. The van der Waals surface area contributed by atoms with Crippen LogP contribution in [0.4, 0.5) is 0 Å². The van der Waals surface area contributed by atoms with Crippen LogP contribution in [-0.4, -0.2) is 35.6 Å². The summed E-state index contributed by atoms with van der Waals surface area (Å²) >= 11 is 8.25. The molecule has 0 aromatic heterocycles. The molecule has 0 aliphatic rings. The minimum atomic E-state index is 0. The van der Waals surface area contributed by atoms with Crippen molar-refractivity contribution in [1.82, 2.24) is 0 Å². The van der Waals surface area contributed by atoms with Gasteiger partial charge in [-0.2, -0.15) is 0 Å². The van der Waals surface area contributed by atoms with Gasteiger partial charge in [-0.05, 0) is 43.7 Å². The van der Waals surface area contributed by atoms with Crippen LogP contribution in [0, 0.1) is 0 Å². The summed E-state index contributed by atoms with van der Waals surface area (Å²) in [6.45, 7) is 4.62. The minimum Gasteiger partial charge on any atom is -0.870 e. The van der Waals surface area contributed by atoms with Crippen molar-refractivity contribution in [2.45, 2.75) is 23.6 Å². The number of hydrogen-bond acceptors (Lipinski definition) is 5. The maximum Gasteiger partial charge on any atom is 1.00 e. The molecule has 7 heteroatoms. The average Bonchev–Trinajstić information content (AvgIpc) is 2.57. The van der Waals surface area contributed by atoms with Gasteiger partial charge in [0.15, 0.2) is 0 Å². The van der Waals surface area contributed by atoms with Gasteiger partial charge in [0, 0.05) is 15.7 Å². The van der Waals surface area contributed by atoms with E-state index in [0.717, 1.165) is 23.1 Å². The molecule has 2 rings (SSSR count). The Bertz CT molecular complexity index is 545. The third-order valence-corrected chi connectivity index (χ3v) is 4.02. The van der Waals surface area contributed by atoms with Crippen molar-refractivity contribution >= 4 is 35.1 Å². The molecular weight excluding hydrogens is 387 g/mol. The molecule has 0 saturated heterocycles. The maximum absolute atomic E-state index is 9.09. The summed E-state index contributed by atoms with van der Waals surface area (Å²) in [5.74, 6) is 2.08. The largest absolute Gasteiger partial charge is 1.00 e. The average molecular weight is 413 g/mol. The molecule has 0 fully saturated rings. The van der Waals surface area contributed by atoms with Crippen LogP contribution in [0.25, 0.3) is 0 Å². The van der Waals surface area contributed by atoms with E-state index < -0.39 is 0 Å². The van der Waals surface area contributed by atoms with Crippen molar-refractivity contribution < 1.29 is 44.9 Å². The molecule has 0 aliphatic heterocycles. The van der Waals surface area contributed by atoms with Crippen molar-refractivity contribution in [3.63, 3.8) is 0 Å². The Balaban J connectivity index is -0.000000317. The second-order valence-corrected chi connectivity index (χ2v) is 6.25. The van der Waals surface area contributed by atoms with Gasteiger partial charge in [-0.25, -0.2) is 0 Å². The molecule has 0 atom stereocenters. The Kier molecular flexibility index (Phi) is 24.2. The molecule has 0 unspecified atom stereocenters. The topological polar surface area (TPSA) is 59.5 Å². The van der Waals surface area contributed by atoms with E-state index >= 15 is 0 Å². The summed E-state index contributed by atoms with van der Waals surface area (Å²) < 4.78 is 5.41. The van der Waals surface area contributed by atoms with Gasteiger partial charge in [-0.1, -0.05) is 31.2 Å². The first-order valence-electron chi connectivity index (χ1n) is 7.28. The summed E-state index contributed by atoms with van der Waals surface area (Å²) in [4.78, 5) is 2.13. The van der Waals surface area contributed by atoms with Crippen molar-refractivity contribution in [2.24, 2.45) is 0 Å². The van der Waals surface area contributed by atoms with Gasteiger partial charge >= 0.3 is 29.6 Å². The van der Waals surface area contributed by atoms with Crippen LogP contribution in [0.3, 0.4) is 0 Å². The number of phenolic OH excluding ortho intramolecular Hbond substituents is 1. The standard InChI is InChI=1S/C9H12OS.C7H8OS.C2H5Cl.Na.H2O/c1-3-10-8-6-4-5-7-9(8)11-2;1-9-7-5-3-2-4-6(7)8;1-2-3;;/h4-7H,3H2,1-2H3;2-5,8H,1H3;2H2,1H3;;1H2/q;;;+1;/p-1. The second-order valence-electron chi connectivity index (χ2n) is 4.02. The van der Waals surface area contributed by atoms with Crippen LogP contribution in [0.2, 0.25) is 0 Å². The molecule has 0 amide bonds. The van der Waals surface area contributed by atoms with E-state index in [2.05, 4.69) is 12.3 Å². The van der Waals surface area contributed by atoms with E-state index in [1.807, 2.05) is 56.5 Å². The molecule has 2 aromatic carbocycles. The molecule has 0 heterocycles. The Morgan fingerprint density at radius 1 is 0.920 bits per heavy atom. The molecule has 0 spiro atoms. The molecule has 3 nitrogen and oxygen atoms in total. The Hall–Kier alpha value is -0.0100. The molecule has 0 aliphatic carbocycles. The molecule has 2 aromatic rings. The van der Waals surface area contributed by atoms with Crippen molar-refractivity contribution in [2.75, 3.05) is 25.0 Å². The third-order valence-electron chi connectivity index (χ3n) is 2.45. The number of hydrogen-bond donors (Lipinski definition) is 1. The van der Waals surface area contributed by atoms with E-state index in [4.69, 9.17) is 21.4 Å². The molecule has 0 bridgehead atoms. The van der Waals surface area contributed by atoms with E-state index in [9.17, 15) is 0 Å². The van der Waals surface area contributed by atoms with Gasteiger partial charge in [0.05, 0.1) is 6.61 Å². The normalized spacial score (nSPS) is 8.36. The fourth-order valence-corrected chi connectivity index (χ4v) is 2.56. The van der Waals surface area contributed by atoms with E-state index in [1.54, 1.807) is 29.6 Å². The smallest absolute Gasteiger partial charge is 0.870 e. The zero-order valence-electron chi connectivity index (χ0n) is 15.5. The summed E-state index contributed by atoms with van der Waals surface area (Å²) in [6.07, 6.45) is 3.99. The number of aromatic hydroxyl groups is 1. The minimum absolute atomic E-state index is 0. The number of halogens is 1. The Morgan fingerprint density at radius 2 is 1.36 bits per heavy atom. The monoisotopic (exact) mass is 412 g/mol. The van der Waals surface area contributed by atoms with Crippen LogP contribution < -0.4 is 34.3 Å². The predicted octanol–water partition coefficient (Wildman–Crippen LogP) is 2.99. The van der Waals surface area contributed by atoms with Gasteiger partial charge in [-0.3, -0.25) is 0 Å². The van der Waals surface area contributed by atoms with Gasteiger partial charge in [0.2, 0.25) is 0 Å². The second kappa shape index (κ2) is 20.3. The van der Waals surface area contributed by atoms with E-state index in [-0.39, 0.29) is 35.0 Å². The molecule has 2 N–H and O–H groups in total. The molecule has 0 radical (unpaired) electrons. The number of para-hydroxylation sites is 2. The number of rotatable bonds is 4. The van der Waals surface area contributed by atoms with Crippen molar-refractivity contribution in [3.8, 4) is 11.5 Å². The third kappa shape index (κ3) is 13.8. The molecular formula is C18H26ClNaO3S2. The first kappa shape index (κ1) is 29.7. The van der Waals surface area contributed by atoms with Gasteiger partial charge in [0.25, 0.3) is 0 Å². The number of thioether (sulfide) groups is 2. The van der Waals surface area contributed by atoms with Crippen molar-refractivity contribution in [1.29, 1.82) is 0 Å². The molecule has 25 heavy (non-hydrogen) atoms. The van der Waals surface area contributed by atoms with Crippen molar-refractivity contribution in [3.05, 3.63) is 48.5 Å². The number of ether oxygens (including phenoxy) is 1. The molecule has 136 valence electrons. The maximum atomic E-state index is 9.09. The van der Waals surface area contributed by atoms with Gasteiger partial charge in [0.1, 0.15) is 11.5 Å².